The van der Waals surface area contributed by atoms with Crippen LogP contribution in [0.25, 0.3) is 10.9 Å². The van der Waals surface area contributed by atoms with Crippen molar-refractivity contribution in [1.29, 1.82) is 0 Å². The lowest BCUT2D eigenvalue weighted by molar-refractivity contribution is 0.244. The van der Waals surface area contributed by atoms with Gasteiger partial charge < -0.3 is 15.5 Å². The third-order valence-electron chi connectivity index (χ3n) is 4.40. The van der Waals surface area contributed by atoms with Crippen molar-refractivity contribution >= 4 is 16.9 Å². The number of ether oxygens (including phenoxy) is 1. The van der Waals surface area contributed by atoms with Crippen LogP contribution in [0.4, 0.5) is 5.95 Å². The number of nitrogens with two attached hydrogens (primary N) is 1. The predicted molar refractivity (Wildman–Crippen MR) is 89.1 cm³/mol. The number of rotatable bonds is 3. The van der Waals surface area contributed by atoms with Gasteiger partial charge in [-0.2, -0.15) is 0 Å². The van der Waals surface area contributed by atoms with Crippen LogP contribution in [0.3, 0.4) is 0 Å². The Balaban J connectivity index is 1.58. The van der Waals surface area contributed by atoms with Crippen LogP contribution >= 0.6 is 0 Å². The molecule has 1 aliphatic heterocycles. The van der Waals surface area contributed by atoms with Crippen LogP contribution < -0.4 is 10.5 Å². The van der Waals surface area contributed by atoms with Crippen molar-refractivity contribution in [2.45, 2.75) is 19.5 Å². The Morgan fingerprint density at radius 3 is 3.17 bits per heavy atom. The first-order chi connectivity index (χ1) is 11.2. The Bertz CT molecular complexity index is 857. The van der Waals surface area contributed by atoms with Crippen molar-refractivity contribution < 1.29 is 4.74 Å². The molecule has 4 rings (SSSR count). The van der Waals surface area contributed by atoms with E-state index in [-0.39, 0.29) is 0 Å². The maximum atomic E-state index is 5.66. The van der Waals surface area contributed by atoms with Gasteiger partial charge in [0.1, 0.15) is 5.75 Å². The van der Waals surface area contributed by atoms with E-state index in [1.165, 1.54) is 16.5 Å². The zero-order chi connectivity index (χ0) is 15.8. The first kappa shape index (κ1) is 14.0. The summed E-state index contributed by atoms with van der Waals surface area (Å²) in [6, 6.07) is 6.12. The van der Waals surface area contributed by atoms with E-state index in [4.69, 9.17) is 10.5 Å². The molecule has 2 aromatic heterocycles. The maximum absolute atomic E-state index is 5.66. The van der Waals surface area contributed by atoms with E-state index in [0.29, 0.717) is 5.95 Å². The van der Waals surface area contributed by atoms with E-state index in [9.17, 15) is 0 Å². The Morgan fingerprint density at radius 2 is 2.30 bits per heavy atom. The largest absolute Gasteiger partial charge is 0.497 e. The van der Waals surface area contributed by atoms with E-state index < -0.39 is 0 Å². The molecule has 0 fully saturated rings. The first-order valence-electron chi connectivity index (χ1n) is 7.69. The van der Waals surface area contributed by atoms with Gasteiger partial charge in [0.15, 0.2) is 0 Å². The monoisotopic (exact) mass is 309 g/mol. The number of fused-ring (bicyclic) bond motifs is 2. The molecule has 0 atom stereocenters. The molecule has 0 bridgehead atoms. The Hall–Kier alpha value is -2.60. The standard InChI is InChI=1S/C17H19N5O/c1-23-13-2-3-16-14(6-13)11(7-19-16)9-22-5-4-15-12(10-22)8-20-17(18)21-15/h2-3,6-8,19H,4-5,9-10H2,1H3,(H2,18,20,21). The third kappa shape index (κ3) is 2.61. The summed E-state index contributed by atoms with van der Waals surface area (Å²) < 4.78 is 5.34. The van der Waals surface area contributed by atoms with E-state index in [2.05, 4.69) is 38.2 Å². The van der Waals surface area contributed by atoms with Gasteiger partial charge in [-0.1, -0.05) is 0 Å². The number of nitrogens with zero attached hydrogens (tertiary/aromatic N) is 3. The predicted octanol–water partition coefficient (Wildman–Crippen LogP) is 2.11. The molecule has 1 aliphatic rings. The van der Waals surface area contributed by atoms with Crippen LogP contribution in [0.5, 0.6) is 5.75 Å². The summed E-state index contributed by atoms with van der Waals surface area (Å²) >= 11 is 0. The molecular weight excluding hydrogens is 290 g/mol. The maximum Gasteiger partial charge on any atom is 0.220 e. The summed E-state index contributed by atoms with van der Waals surface area (Å²) in [4.78, 5) is 14.2. The number of hydrogen-bond acceptors (Lipinski definition) is 5. The second kappa shape index (κ2) is 5.55. The zero-order valence-electron chi connectivity index (χ0n) is 13.0. The van der Waals surface area contributed by atoms with Crippen LogP contribution in [-0.2, 0) is 19.5 Å². The molecule has 0 spiro atoms. The smallest absolute Gasteiger partial charge is 0.220 e. The Kier molecular flexibility index (Phi) is 3.38. The highest BCUT2D eigenvalue weighted by atomic mass is 16.5. The highest BCUT2D eigenvalue weighted by molar-refractivity contribution is 5.84. The van der Waals surface area contributed by atoms with Crippen molar-refractivity contribution in [3.8, 4) is 5.75 Å². The number of methoxy groups -OCH3 is 1. The van der Waals surface area contributed by atoms with Gasteiger partial charge in [-0.25, -0.2) is 9.97 Å². The zero-order valence-corrected chi connectivity index (χ0v) is 13.0. The van der Waals surface area contributed by atoms with E-state index >= 15 is 0 Å². The van der Waals surface area contributed by atoms with Crippen molar-refractivity contribution in [1.82, 2.24) is 19.9 Å². The van der Waals surface area contributed by atoms with Gasteiger partial charge in [0, 0.05) is 54.9 Å². The number of hydrogen-bond donors (Lipinski definition) is 2. The SMILES string of the molecule is COc1ccc2[nH]cc(CN3CCc4nc(N)ncc4C3)c2c1. The van der Waals surface area contributed by atoms with Gasteiger partial charge in [-0.3, -0.25) is 4.90 Å². The lowest BCUT2D eigenvalue weighted by atomic mass is 10.1. The van der Waals surface area contributed by atoms with Crippen molar-refractivity contribution in [3.05, 3.63) is 47.4 Å². The molecule has 0 amide bonds. The Labute approximate surface area is 134 Å². The van der Waals surface area contributed by atoms with Crippen LogP contribution in [0.15, 0.2) is 30.6 Å². The number of nitrogen functional groups attached to an aromatic ring is 1. The minimum atomic E-state index is 0.362. The molecule has 0 saturated carbocycles. The number of benzene rings is 1. The lowest BCUT2D eigenvalue weighted by Crippen LogP contribution is -2.31. The van der Waals surface area contributed by atoms with Crippen molar-refractivity contribution in [2.75, 3.05) is 19.4 Å². The van der Waals surface area contributed by atoms with E-state index in [0.717, 1.165) is 43.0 Å². The van der Waals surface area contributed by atoms with Gasteiger partial charge in [0.05, 0.1) is 12.8 Å². The minimum Gasteiger partial charge on any atom is -0.497 e. The van der Waals surface area contributed by atoms with Gasteiger partial charge >= 0.3 is 0 Å². The second-order valence-electron chi connectivity index (χ2n) is 5.89. The number of aromatic amines is 1. The van der Waals surface area contributed by atoms with Crippen LogP contribution in [0.1, 0.15) is 16.8 Å². The van der Waals surface area contributed by atoms with Gasteiger partial charge in [-0.15, -0.1) is 0 Å². The topological polar surface area (TPSA) is 80.1 Å². The lowest BCUT2D eigenvalue weighted by Gasteiger charge is -2.27. The van der Waals surface area contributed by atoms with E-state index in [1.54, 1.807) is 7.11 Å². The molecule has 0 unspecified atom stereocenters. The third-order valence-corrected chi connectivity index (χ3v) is 4.40. The average molecular weight is 309 g/mol. The summed E-state index contributed by atoms with van der Waals surface area (Å²) in [5.41, 5.74) is 10.3. The van der Waals surface area contributed by atoms with Crippen molar-refractivity contribution in [3.63, 3.8) is 0 Å². The molecule has 0 aliphatic carbocycles. The quantitative estimate of drug-likeness (QED) is 0.774. The first-order valence-corrected chi connectivity index (χ1v) is 7.69. The summed E-state index contributed by atoms with van der Waals surface area (Å²) in [6.45, 7) is 2.71. The highest BCUT2D eigenvalue weighted by Gasteiger charge is 2.19. The van der Waals surface area contributed by atoms with Crippen LogP contribution in [-0.4, -0.2) is 33.5 Å². The molecular formula is C17H19N5O. The Morgan fingerprint density at radius 1 is 1.39 bits per heavy atom. The molecule has 3 heterocycles. The molecule has 6 heteroatoms. The molecule has 3 aromatic rings. The van der Waals surface area contributed by atoms with Gasteiger partial charge in [-0.05, 0) is 23.8 Å². The molecule has 0 radical (unpaired) electrons. The van der Waals surface area contributed by atoms with Gasteiger partial charge in [0.25, 0.3) is 0 Å². The molecule has 1 aromatic carbocycles. The number of aromatic nitrogens is 3. The fourth-order valence-electron chi connectivity index (χ4n) is 3.18. The fraction of sp³-hybridized carbons (Fsp3) is 0.294. The normalized spacial score (nSPS) is 14.8. The minimum absolute atomic E-state index is 0.362. The highest BCUT2D eigenvalue weighted by Crippen LogP contribution is 2.26. The number of nitrogens with one attached hydrogen (secondary N) is 1. The summed E-state index contributed by atoms with van der Waals surface area (Å²) in [5.74, 6) is 1.24. The fourth-order valence-corrected chi connectivity index (χ4v) is 3.18. The van der Waals surface area contributed by atoms with Crippen LogP contribution in [0, 0.1) is 0 Å². The van der Waals surface area contributed by atoms with Gasteiger partial charge in [0.2, 0.25) is 5.95 Å². The molecule has 6 nitrogen and oxygen atoms in total. The average Bonchev–Trinajstić information content (AvgIpc) is 2.97. The second-order valence-corrected chi connectivity index (χ2v) is 5.89. The summed E-state index contributed by atoms with van der Waals surface area (Å²) in [5, 5.41) is 1.21. The molecule has 0 saturated heterocycles. The summed E-state index contributed by atoms with van der Waals surface area (Å²) in [7, 11) is 1.70. The van der Waals surface area contributed by atoms with Crippen LogP contribution in [0.2, 0.25) is 0 Å². The van der Waals surface area contributed by atoms with E-state index in [1.807, 2.05) is 12.3 Å². The summed E-state index contributed by atoms with van der Waals surface area (Å²) in [6.07, 6.45) is 4.84. The molecule has 3 N–H and O–H groups in total. The molecule has 23 heavy (non-hydrogen) atoms. The number of H-pyrrole nitrogens is 1. The van der Waals surface area contributed by atoms with Crippen molar-refractivity contribution in [2.24, 2.45) is 0 Å². The number of anilines is 1. The molecule has 118 valence electrons.